The van der Waals surface area contributed by atoms with Crippen LogP contribution in [0, 0.1) is 18.8 Å². The van der Waals surface area contributed by atoms with E-state index in [1.54, 1.807) is 6.20 Å². The van der Waals surface area contributed by atoms with Crippen LogP contribution in [0.5, 0.6) is 5.75 Å². The van der Waals surface area contributed by atoms with Crippen LogP contribution in [0.1, 0.15) is 11.1 Å². The van der Waals surface area contributed by atoms with Crippen molar-refractivity contribution in [1.82, 2.24) is 9.78 Å². The third-order valence-corrected chi connectivity index (χ3v) is 2.65. The average Bonchev–Trinajstić information content (AvgIpc) is 2.92. The van der Waals surface area contributed by atoms with Gasteiger partial charge in [0.2, 0.25) is 0 Å². The zero-order valence-electron chi connectivity index (χ0n) is 11.0. The van der Waals surface area contributed by atoms with E-state index in [9.17, 15) is 0 Å². The molecule has 0 unspecified atom stereocenters. The summed E-state index contributed by atoms with van der Waals surface area (Å²) in [7, 11) is 0. The number of ether oxygens (including phenoxy) is 1. The van der Waals surface area contributed by atoms with Gasteiger partial charge in [-0.15, -0.1) is 0 Å². The zero-order valence-corrected chi connectivity index (χ0v) is 11.0. The molecule has 0 saturated heterocycles. The molecule has 2 rings (SSSR count). The summed E-state index contributed by atoms with van der Waals surface area (Å²) in [6.45, 7) is 3.72. The Bertz CT molecular complexity index is 579. The van der Waals surface area contributed by atoms with Gasteiger partial charge in [-0.3, -0.25) is 4.68 Å². The van der Waals surface area contributed by atoms with Gasteiger partial charge in [0, 0.05) is 18.0 Å². The second-order valence-corrected chi connectivity index (χ2v) is 4.10. The molecule has 0 aliphatic heterocycles. The van der Waals surface area contributed by atoms with Crippen molar-refractivity contribution in [2.24, 2.45) is 5.73 Å². The molecule has 0 aliphatic carbocycles. The molecule has 4 nitrogen and oxygen atoms in total. The van der Waals surface area contributed by atoms with Gasteiger partial charge in [0.15, 0.2) is 0 Å². The summed E-state index contributed by atoms with van der Waals surface area (Å²) in [5, 5.41) is 4.12. The Kier molecular flexibility index (Phi) is 4.60. The van der Waals surface area contributed by atoms with E-state index in [1.807, 2.05) is 42.1 Å². The van der Waals surface area contributed by atoms with Gasteiger partial charge in [-0.05, 0) is 36.8 Å². The molecule has 0 amide bonds. The lowest BCUT2D eigenvalue weighted by molar-refractivity contribution is 0.289. The van der Waals surface area contributed by atoms with Crippen molar-refractivity contribution in [3.8, 4) is 17.6 Å². The largest absolute Gasteiger partial charge is 0.491 e. The van der Waals surface area contributed by atoms with E-state index in [4.69, 9.17) is 10.5 Å². The Hall–Kier alpha value is -2.25. The SMILES string of the molecule is Cc1cc(C#CCN)ccc1OCCn1cccn1. The Balaban J connectivity index is 1.93. The minimum absolute atomic E-state index is 0.376. The van der Waals surface area contributed by atoms with Gasteiger partial charge in [0.05, 0.1) is 13.1 Å². The van der Waals surface area contributed by atoms with E-state index >= 15 is 0 Å². The summed E-state index contributed by atoms with van der Waals surface area (Å²) in [4.78, 5) is 0. The minimum Gasteiger partial charge on any atom is -0.491 e. The van der Waals surface area contributed by atoms with Gasteiger partial charge < -0.3 is 10.5 Å². The average molecular weight is 255 g/mol. The molecule has 1 aromatic carbocycles. The van der Waals surface area contributed by atoms with Crippen LogP contribution in [0.3, 0.4) is 0 Å². The Morgan fingerprint density at radius 3 is 3.00 bits per heavy atom. The van der Waals surface area contributed by atoms with E-state index in [-0.39, 0.29) is 0 Å². The van der Waals surface area contributed by atoms with Crippen molar-refractivity contribution in [3.63, 3.8) is 0 Å². The highest BCUT2D eigenvalue weighted by Gasteiger charge is 2.00. The van der Waals surface area contributed by atoms with E-state index in [1.165, 1.54) is 0 Å². The monoisotopic (exact) mass is 255 g/mol. The number of nitrogens with two attached hydrogens (primary N) is 1. The lowest BCUT2D eigenvalue weighted by atomic mass is 10.1. The highest BCUT2D eigenvalue weighted by Crippen LogP contribution is 2.18. The van der Waals surface area contributed by atoms with Crippen LogP contribution in [0.25, 0.3) is 0 Å². The molecule has 1 aromatic heterocycles. The summed E-state index contributed by atoms with van der Waals surface area (Å²) in [5.41, 5.74) is 7.38. The normalized spacial score (nSPS) is 9.79. The van der Waals surface area contributed by atoms with Gasteiger partial charge in [0.25, 0.3) is 0 Å². The second-order valence-electron chi connectivity index (χ2n) is 4.10. The fourth-order valence-corrected chi connectivity index (χ4v) is 1.72. The molecule has 0 bridgehead atoms. The lowest BCUT2D eigenvalue weighted by Gasteiger charge is -2.09. The predicted molar refractivity (Wildman–Crippen MR) is 74.8 cm³/mol. The molecule has 0 atom stereocenters. The minimum atomic E-state index is 0.376. The van der Waals surface area contributed by atoms with Crippen LogP contribution in [0.4, 0.5) is 0 Å². The predicted octanol–water partition coefficient (Wildman–Crippen LogP) is 1.58. The quantitative estimate of drug-likeness (QED) is 0.844. The van der Waals surface area contributed by atoms with Crippen molar-refractivity contribution >= 4 is 0 Å². The first-order valence-corrected chi connectivity index (χ1v) is 6.19. The Morgan fingerprint density at radius 2 is 2.32 bits per heavy atom. The van der Waals surface area contributed by atoms with E-state index in [0.29, 0.717) is 13.2 Å². The summed E-state index contributed by atoms with van der Waals surface area (Å²) in [6.07, 6.45) is 3.68. The van der Waals surface area contributed by atoms with Crippen molar-refractivity contribution < 1.29 is 4.74 Å². The molecule has 0 saturated carbocycles. The Labute approximate surface area is 113 Å². The van der Waals surface area contributed by atoms with Crippen LogP contribution in [-0.4, -0.2) is 22.9 Å². The molecular formula is C15H17N3O. The van der Waals surface area contributed by atoms with Crippen LogP contribution < -0.4 is 10.5 Å². The van der Waals surface area contributed by atoms with Crippen LogP contribution in [0.2, 0.25) is 0 Å². The molecule has 4 heteroatoms. The number of hydrogen-bond acceptors (Lipinski definition) is 3. The fourth-order valence-electron chi connectivity index (χ4n) is 1.72. The third-order valence-electron chi connectivity index (χ3n) is 2.65. The molecule has 19 heavy (non-hydrogen) atoms. The van der Waals surface area contributed by atoms with E-state index in [2.05, 4.69) is 16.9 Å². The summed E-state index contributed by atoms with van der Waals surface area (Å²) in [5.74, 6) is 6.72. The van der Waals surface area contributed by atoms with E-state index in [0.717, 1.165) is 23.4 Å². The number of hydrogen-bond donors (Lipinski definition) is 1. The number of aryl methyl sites for hydroxylation is 1. The summed E-state index contributed by atoms with van der Waals surface area (Å²) >= 11 is 0. The number of nitrogens with zero attached hydrogens (tertiary/aromatic N) is 2. The van der Waals surface area contributed by atoms with Gasteiger partial charge >= 0.3 is 0 Å². The molecule has 0 spiro atoms. The van der Waals surface area contributed by atoms with Crippen molar-refractivity contribution in [2.45, 2.75) is 13.5 Å². The molecule has 0 fully saturated rings. The zero-order chi connectivity index (χ0) is 13.5. The maximum atomic E-state index is 5.74. The lowest BCUT2D eigenvalue weighted by Crippen LogP contribution is -2.08. The highest BCUT2D eigenvalue weighted by molar-refractivity contribution is 5.43. The smallest absolute Gasteiger partial charge is 0.122 e. The van der Waals surface area contributed by atoms with Crippen LogP contribution in [-0.2, 0) is 6.54 Å². The second kappa shape index (κ2) is 6.62. The first kappa shape index (κ1) is 13.2. The molecule has 2 N–H and O–H groups in total. The molecular weight excluding hydrogens is 238 g/mol. The van der Waals surface area contributed by atoms with Gasteiger partial charge in [-0.25, -0.2) is 0 Å². The maximum Gasteiger partial charge on any atom is 0.122 e. The highest BCUT2D eigenvalue weighted by atomic mass is 16.5. The molecule has 0 aliphatic rings. The maximum absolute atomic E-state index is 5.74. The van der Waals surface area contributed by atoms with Crippen molar-refractivity contribution in [2.75, 3.05) is 13.2 Å². The number of benzene rings is 1. The number of rotatable bonds is 4. The summed E-state index contributed by atoms with van der Waals surface area (Å²) in [6, 6.07) is 7.79. The third kappa shape index (κ3) is 3.87. The molecule has 2 aromatic rings. The van der Waals surface area contributed by atoms with Crippen molar-refractivity contribution in [3.05, 3.63) is 47.8 Å². The fraction of sp³-hybridized carbons (Fsp3) is 0.267. The molecule has 1 heterocycles. The van der Waals surface area contributed by atoms with Crippen LogP contribution in [0.15, 0.2) is 36.7 Å². The van der Waals surface area contributed by atoms with Crippen molar-refractivity contribution in [1.29, 1.82) is 0 Å². The standard InChI is InChI=1S/C15H17N3O/c1-13-12-14(4-2-7-16)5-6-15(13)19-11-10-18-9-3-8-17-18/h3,5-6,8-9,12H,7,10-11,16H2,1H3. The number of aromatic nitrogens is 2. The molecule has 98 valence electrons. The first-order valence-electron chi connectivity index (χ1n) is 6.19. The van der Waals surface area contributed by atoms with Gasteiger partial charge in [0.1, 0.15) is 12.4 Å². The molecule has 0 radical (unpaired) electrons. The van der Waals surface area contributed by atoms with E-state index < -0.39 is 0 Å². The van der Waals surface area contributed by atoms with Crippen LogP contribution >= 0.6 is 0 Å². The topological polar surface area (TPSA) is 53.1 Å². The summed E-state index contributed by atoms with van der Waals surface area (Å²) < 4.78 is 7.58. The first-order chi connectivity index (χ1) is 9.29. The van der Waals surface area contributed by atoms with Gasteiger partial charge in [-0.1, -0.05) is 11.8 Å². The van der Waals surface area contributed by atoms with Gasteiger partial charge in [-0.2, -0.15) is 5.10 Å². The Morgan fingerprint density at radius 1 is 1.42 bits per heavy atom.